The zero-order valence-corrected chi connectivity index (χ0v) is 20.1. The van der Waals surface area contributed by atoms with Crippen molar-refractivity contribution in [2.24, 2.45) is 0 Å². The highest BCUT2D eigenvalue weighted by Crippen LogP contribution is 2.39. The third kappa shape index (κ3) is 5.27. The number of benzene rings is 2. The van der Waals surface area contributed by atoms with Gasteiger partial charge in [0.05, 0.1) is 43.6 Å². The van der Waals surface area contributed by atoms with Crippen molar-refractivity contribution in [2.75, 3.05) is 45.9 Å². The summed E-state index contributed by atoms with van der Waals surface area (Å²) in [5, 5.41) is 2.69. The molecule has 0 radical (unpaired) electrons. The molecule has 182 valence electrons. The first-order valence-electron chi connectivity index (χ1n) is 10.4. The van der Waals surface area contributed by atoms with Gasteiger partial charge in [0.2, 0.25) is 5.91 Å². The molecule has 2 unspecified atom stereocenters. The second-order valence-corrected chi connectivity index (χ2v) is 8.94. The molecule has 3 amide bonds. The number of fused-ring (bicyclic) bond motifs is 1. The van der Waals surface area contributed by atoms with Gasteiger partial charge in [0, 0.05) is 5.75 Å². The van der Waals surface area contributed by atoms with Crippen LogP contribution >= 0.6 is 0 Å². The number of nitrogens with one attached hydrogen (secondary N) is 1. The second kappa shape index (κ2) is 10.8. The van der Waals surface area contributed by atoms with Gasteiger partial charge in [0.25, 0.3) is 11.8 Å². The van der Waals surface area contributed by atoms with E-state index in [1.807, 2.05) is 0 Å². The highest BCUT2D eigenvalue weighted by Gasteiger charge is 2.42. The molecule has 1 heterocycles. The molecule has 0 aliphatic carbocycles. The van der Waals surface area contributed by atoms with Crippen molar-refractivity contribution < 1.29 is 32.6 Å². The predicted molar refractivity (Wildman–Crippen MR) is 125 cm³/mol. The smallest absolute Gasteiger partial charge is 0.264 e. The van der Waals surface area contributed by atoms with Crippen LogP contribution in [0.1, 0.15) is 38.7 Å². The lowest BCUT2D eigenvalue weighted by molar-refractivity contribution is -0.116. The Hall–Kier alpha value is -3.28. The molecule has 1 aliphatic rings. The summed E-state index contributed by atoms with van der Waals surface area (Å²) < 4.78 is 33.3. The zero-order chi connectivity index (χ0) is 25.0. The number of likely N-dealkylation sites (N-methyl/N-ethyl adjacent to an activating group) is 1. The fourth-order valence-electron chi connectivity index (χ4n) is 3.88. The summed E-state index contributed by atoms with van der Waals surface area (Å²) in [6.07, 6.45) is -0.0145. The van der Waals surface area contributed by atoms with E-state index in [4.69, 9.17) is 9.47 Å². The number of ether oxygens (including phenoxy) is 2. The molecule has 0 fully saturated rings. The third-order valence-electron chi connectivity index (χ3n) is 5.34. The Morgan fingerprint density at radius 3 is 2.44 bits per heavy atom. The van der Waals surface area contributed by atoms with Crippen LogP contribution in [0.2, 0.25) is 0 Å². The molecule has 2 aromatic carbocycles. The minimum atomic E-state index is -2.38. The molecule has 3 rings (SSSR count). The highest BCUT2D eigenvalue weighted by atomic mass is 32.2. The van der Waals surface area contributed by atoms with Gasteiger partial charge in [0.15, 0.2) is 11.5 Å². The number of nitrogens with zero attached hydrogens (tertiary/aromatic N) is 2. The van der Waals surface area contributed by atoms with Gasteiger partial charge in [-0.25, -0.2) is 0 Å². The Bertz CT molecular complexity index is 1140. The first-order chi connectivity index (χ1) is 16.2. The number of amides is 3. The van der Waals surface area contributed by atoms with E-state index in [1.54, 1.807) is 49.3 Å². The minimum Gasteiger partial charge on any atom is -0.772 e. The molecule has 0 spiro atoms. The molecule has 1 aliphatic heterocycles. The van der Waals surface area contributed by atoms with E-state index in [0.717, 1.165) is 4.90 Å². The van der Waals surface area contributed by atoms with Crippen LogP contribution in [0.4, 0.5) is 5.69 Å². The van der Waals surface area contributed by atoms with Crippen molar-refractivity contribution in [3.05, 3.63) is 53.1 Å². The maximum Gasteiger partial charge on any atom is 0.264 e. The van der Waals surface area contributed by atoms with Crippen LogP contribution in [0.25, 0.3) is 0 Å². The van der Waals surface area contributed by atoms with Gasteiger partial charge < -0.3 is 24.2 Å². The Kier molecular flexibility index (Phi) is 8.02. The van der Waals surface area contributed by atoms with Crippen molar-refractivity contribution in [3.63, 3.8) is 0 Å². The van der Waals surface area contributed by atoms with Crippen LogP contribution in [0, 0.1) is 0 Å². The van der Waals surface area contributed by atoms with E-state index < -0.39 is 28.9 Å². The van der Waals surface area contributed by atoms with Gasteiger partial charge >= 0.3 is 0 Å². The Labute approximate surface area is 200 Å². The molecular formula is C23H26N3O7S-. The lowest BCUT2D eigenvalue weighted by Crippen LogP contribution is -2.35. The topological polar surface area (TPSA) is 128 Å². The van der Waals surface area contributed by atoms with E-state index >= 15 is 0 Å². The van der Waals surface area contributed by atoms with Crippen LogP contribution in [0.15, 0.2) is 36.4 Å². The lowest BCUT2D eigenvalue weighted by Gasteiger charge is -2.27. The van der Waals surface area contributed by atoms with Gasteiger partial charge in [0.1, 0.15) is 0 Å². The fraction of sp³-hybridized carbons (Fsp3) is 0.348. The van der Waals surface area contributed by atoms with Gasteiger partial charge in [-0.2, -0.15) is 0 Å². The molecule has 0 saturated carbocycles. The number of carbonyl (C=O) groups excluding carboxylic acids is 3. The Morgan fingerprint density at radius 2 is 1.82 bits per heavy atom. The number of hydrogen-bond acceptors (Lipinski definition) is 8. The molecule has 0 bridgehead atoms. The summed E-state index contributed by atoms with van der Waals surface area (Å²) in [7, 11) is 6.40. The van der Waals surface area contributed by atoms with Crippen LogP contribution in [0.5, 0.6) is 11.5 Å². The highest BCUT2D eigenvalue weighted by molar-refractivity contribution is 7.79. The molecule has 0 saturated heterocycles. The number of hydrogen-bond donors (Lipinski definition) is 1. The van der Waals surface area contributed by atoms with E-state index in [2.05, 4.69) is 5.32 Å². The van der Waals surface area contributed by atoms with E-state index in [9.17, 15) is 23.1 Å². The number of imide groups is 1. The lowest BCUT2D eigenvalue weighted by atomic mass is 10.0. The fourth-order valence-corrected chi connectivity index (χ4v) is 4.30. The third-order valence-corrected chi connectivity index (χ3v) is 5.91. The number of carbonyl (C=O) groups is 3. The van der Waals surface area contributed by atoms with Gasteiger partial charge in [-0.15, -0.1) is 0 Å². The van der Waals surface area contributed by atoms with Gasteiger partial charge in [-0.1, -0.05) is 23.2 Å². The SMILES string of the molecule is COc1ccc(C(CCS(=O)[O-])N2C(=O)c3cccc(NC(=O)CN(C)C)c3C2=O)cc1OC. The summed E-state index contributed by atoms with van der Waals surface area (Å²) >= 11 is -2.38. The van der Waals surface area contributed by atoms with Crippen molar-refractivity contribution >= 4 is 34.5 Å². The van der Waals surface area contributed by atoms with Gasteiger partial charge in [-0.3, -0.25) is 23.5 Å². The van der Waals surface area contributed by atoms with Crippen LogP contribution < -0.4 is 14.8 Å². The summed E-state index contributed by atoms with van der Waals surface area (Å²) in [5.41, 5.74) is 0.953. The van der Waals surface area contributed by atoms with Crippen LogP contribution in [-0.4, -0.2) is 76.9 Å². The molecular weight excluding hydrogens is 462 g/mol. The van der Waals surface area contributed by atoms with Crippen molar-refractivity contribution in [1.82, 2.24) is 9.80 Å². The molecule has 34 heavy (non-hydrogen) atoms. The molecule has 0 aromatic heterocycles. The minimum absolute atomic E-state index is 0.0145. The average molecular weight is 489 g/mol. The number of rotatable bonds is 10. The maximum absolute atomic E-state index is 13.5. The molecule has 2 aromatic rings. The maximum atomic E-state index is 13.5. The summed E-state index contributed by atoms with van der Waals surface area (Å²) in [6, 6.07) is 8.66. The molecule has 2 atom stereocenters. The molecule has 10 nitrogen and oxygen atoms in total. The molecule has 11 heteroatoms. The van der Waals surface area contributed by atoms with Crippen molar-refractivity contribution in [1.29, 1.82) is 0 Å². The second-order valence-electron chi connectivity index (χ2n) is 7.92. The number of methoxy groups -OCH3 is 2. The van der Waals surface area contributed by atoms with Crippen molar-refractivity contribution in [3.8, 4) is 11.5 Å². The van der Waals surface area contributed by atoms with E-state index in [0.29, 0.717) is 17.1 Å². The zero-order valence-electron chi connectivity index (χ0n) is 19.3. The summed E-state index contributed by atoms with van der Waals surface area (Å²) in [4.78, 5) is 41.9. The first kappa shape index (κ1) is 25.3. The van der Waals surface area contributed by atoms with Crippen LogP contribution in [0.3, 0.4) is 0 Å². The average Bonchev–Trinajstić information content (AvgIpc) is 3.04. The first-order valence-corrected chi connectivity index (χ1v) is 11.7. The Balaban J connectivity index is 2.02. The quantitative estimate of drug-likeness (QED) is 0.396. The van der Waals surface area contributed by atoms with Gasteiger partial charge in [-0.05, 0) is 50.3 Å². The Morgan fingerprint density at radius 1 is 1.12 bits per heavy atom. The van der Waals surface area contributed by atoms with Crippen molar-refractivity contribution in [2.45, 2.75) is 12.5 Å². The van der Waals surface area contributed by atoms with E-state index in [1.165, 1.54) is 20.3 Å². The normalized spacial score (nSPS) is 14.7. The largest absolute Gasteiger partial charge is 0.772 e. The van der Waals surface area contributed by atoms with Crippen LogP contribution in [-0.2, 0) is 15.9 Å². The van der Waals surface area contributed by atoms with E-state index in [-0.39, 0.29) is 41.4 Å². The molecule has 1 N–H and O–H groups in total. The standard InChI is InChI=1S/C23H27N3O7S/c1-25(2)13-20(27)24-16-7-5-6-15-21(16)23(29)26(22(15)28)17(10-11-34(30)31)14-8-9-18(32-3)19(12-14)33-4/h5-9,12,17H,10-11,13H2,1-4H3,(H,24,27)(H,30,31)/p-1. The summed E-state index contributed by atoms with van der Waals surface area (Å²) in [5.74, 6) is -0.960. The predicted octanol–water partition coefficient (Wildman–Crippen LogP) is 1.81. The summed E-state index contributed by atoms with van der Waals surface area (Å²) in [6.45, 7) is 0.0963. The monoisotopic (exact) mass is 488 g/mol. The number of anilines is 1.